The van der Waals surface area contributed by atoms with E-state index in [9.17, 15) is 9.59 Å². The third-order valence-corrected chi connectivity index (χ3v) is 3.06. The number of hydrogen-bond donors (Lipinski definition) is 0. The van der Waals surface area contributed by atoms with Crippen molar-refractivity contribution in [2.24, 2.45) is 0 Å². The molecule has 19 heavy (non-hydrogen) atoms. The van der Waals surface area contributed by atoms with Gasteiger partial charge in [-0.25, -0.2) is 0 Å². The lowest BCUT2D eigenvalue weighted by molar-refractivity contribution is -0.130. The minimum atomic E-state index is -0.692. The molecule has 0 saturated carbocycles. The second kappa shape index (κ2) is 6.36. The number of hydrogen-bond acceptors (Lipinski definition) is 3. The molecule has 104 valence electrons. The van der Waals surface area contributed by atoms with Crippen LogP contribution in [0.2, 0.25) is 0 Å². The fourth-order valence-corrected chi connectivity index (χ4v) is 2.01. The summed E-state index contributed by atoms with van der Waals surface area (Å²) >= 11 is 0. The topological polar surface area (TPSA) is 46.6 Å². The molecular weight excluding hydrogens is 242 g/mol. The van der Waals surface area contributed by atoms with E-state index in [2.05, 4.69) is 6.58 Å². The van der Waals surface area contributed by atoms with Gasteiger partial charge in [0, 0.05) is 6.54 Å². The first-order valence-electron chi connectivity index (χ1n) is 6.39. The quantitative estimate of drug-likeness (QED) is 0.564. The van der Waals surface area contributed by atoms with Gasteiger partial charge in [0.05, 0.1) is 18.5 Å². The summed E-state index contributed by atoms with van der Waals surface area (Å²) in [4.78, 5) is 24.5. The van der Waals surface area contributed by atoms with Crippen LogP contribution in [0.1, 0.15) is 27.2 Å². The Hall–Kier alpha value is -1.84. The predicted octanol–water partition coefficient (Wildman–Crippen LogP) is 2.23. The maximum Gasteiger partial charge on any atom is 0.209 e. The van der Waals surface area contributed by atoms with Crippen molar-refractivity contribution in [1.29, 1.82) is 0 Å². The Bertz CT molecular complexity index is 437. The van der Waals surface area contributed by atoms with Crippen LogP contribution in [-0.2, 0) is 14.3 Å². The summed E-state index contributed by atoms with van der Waals surface area (Å²) in [6.07, 6.45) is 6.40. The van der Waals surface area contributed by atoms with Gasteiger partial charge in [-0.3, -0.25) is 9.59 Å². The Morgan fingerprint density at radius 1 is 1.53 bits per heavy atom. The third kappa shape index (κ3) is 3.81. The predicted molar refractivity (Wildman–Crippen MR) is 74.5 cm³/mol. The van der Waals surface area contributed by atoms with Crippen LogP contribution in [0.25, 0.3) is 0 Å². The zero-order valence-electron chi connectivity index (χ0n) is 11.8. The Labute approximate surface area is 114 Å². The van der Waals surface area contributed by atoms with Gasteiger partial charge in [-0.1, -0.05) is 18.7 Å². The van der Waals surface area contributed by atoms with Gasteiger partial charge in [-0.15, -0.1) is 0 Å². The zero-order valence-corrected chi connectivity index (χ0v) is 11.8. The molecule has 0 radical (unpaired) electrons. The number of allylic oxidation sites excluding steroid dienone is 4. The fraction of sp³-hybridized carbons (Fsp3) is 0.467. The fourth-order valence-electron chi connectivity index (χ4n) is 2.01. The molecule has 1 unspecified atom stereocenters. The average Bonchev–Trinajstić information content (AvgIpc) is 2.38. The standard InChI is InChI=1S/C15H21NO3/c1-5-7-8-14-12(3)13(18)9-15(4,19-14)10-16(6-2)11-17/h5,7-8,11H,3,6,9-10H2,1-2,4H3/b7-5-,14-8+. The van der Waals surface area contributed by atoms with Gasteiger partial charge in [-0.05, 0) is 26.8 Å². The van der Waals surface area contributed by atoms with Crippen molar-refractivity contribution in [3.05, 3.63) is 36.1 Å². The molecule has 0 aromatic heterocycles. The SMILES string of the molecule is C=C1C(=O)CC(C)(CN(C=O)CC)O/C1=C/C=C\C. The van der Waals surface area contributed by atoms with Crippen molar-refractivity contribution in [3.63, 3.8) is 0 Å². The number of amides is 1. The normalized spacial score (nSPS) is 25.7. The number of carbonyl (C=O) groups is 2. The molecule has 1 aliphatic rings. The highest BCUT2D eigenvalue weighted by molar-refractivity contribution is 6.00. The molecule has 1 amide bonds. The maximum atomic E-state index is 12.0. The summed E-state index contributed by atoms with van der Waals surface area (Å²) in [6, 6.07) is 0. The van der Waals surface area contributed by atoms with Crippen LogP contribution < -0.4 is 0 Å². The van der Waals surface area contributed by atoms with Gasteiger partial charge in [0.25, 0.3) is 0 Å². The number of rotatable bonds is 5. The van der Waals surface area contributed by atoms with E-state index in [1.807, 2.05) is 26.8 Å². The van der Waals surface area contributed by atoms with Crippen molar-refractivity contribution in [2.45, 2.75) is 32.8 Å². The molecule has 0 aromatic rings. The molecule has 1 heterocycles. The lowest BCUT2D eigenvalue weighted by Crippen LogP contribution is -2.46. The van der Waals surface area contributed by atoms with Crippen LogP contribution in [0.5, 0.6) is 0 Å². The minimum absolute atomic E-state index is 0.0357. The summed E-state index contributed by atoms with van der Waals surface area (Å²) < 4.78 is 5.88. The number of likely N-dealkylation sites (N-methyl/N-ethyl adjacent to an activating group) is 1. The number of nitrogens with zero attached hydrogens (tertiary/aromatic N) is 1. The first-order chi connectivity index (χ1) is 8.95. The summed E-state index contributed by atoms with van der Waals surface area (Å²) in [6.45, 7) is 10.3. The maximum absolute atomic E-state index is 12.0. The molecule has 0 aromatic carbocycles. The van der Waals surface area contributed by atoms with Crippen molar-refractivity contribution >= 4 is 12.2 Å². The molecule has 4 nitrogen and oxygen atoms in total. The lowest BCUT2D eigenvalue weighted by Gasteiger charge is -2.38. The number of ketones is 1. The Morgan fingerprint density at radius 2 is 2.21 bits per heavy atom. The largest absolute Gasteiger partial charge is 0.485 e. The third-order valence-electron chi connectivity index (χ3n) is 3.06. The summed E-state index contributed by atoms with van der Waals surface area (Å²) in [7, 11) is 0. The van der Waals surface area contributed by atoms with Crippen molar-refractivity contribution in [1.82, 2.24) is 4.90 Å². The molecule has 1 fully saturated rings. The summed E-state index contributed by atoms with van der Waals surface area (Å²) in [5, 5.41) is 0. The molecule has 0 aliphatic carbocycles. The minimum Gasteiger partial charge on any atom is -0.485 e. The Morgan fingerprint density at radius 3 is 2.74 bits per heavy atom. The van der Waals surface area contributed by atoms with Gasteiger partial charge in [0.1, 0.15) is 11.4 Å². The van der Waals surface area contributed by atoms with Crippen LogP contribution >= 0.6 is 0 Å². The van der Waals surface area contributed by atoms with Crippen LogP contribution in [0, 0.1) is 0 Å². The van der Waals surface area contributed by atoms with Gasteiger partial charge in [0.15, 0.2) is 5.78 Å². The van der Waals surface area contributed by atoms with E-state index in [-0.39, 0.29) is 12.2 Å². The van der Waals surface area contributed by atoms with E-state index in [1.165, 1.54) is 0 Å². The molecular formula is C15H21NO3. The van der Waals surface area contributed by atoms with E-state index in [0.717, 1.165) is 6.41 Å². The smallest absolute Gasteiger partial charge is 0.209 e. The van der Waals surface area contributed by atoms with Crippen LogP contribution in [0.15, 0.2) is 36.1 Å². The second-order valence-electron chi connectivity index (χ2n) is 4.86. The van der Waals surface area contributed by atoms with Crippen LogP contribution in [0.3, 0.4) is 0 Å². The van der Waals surface area contributed by atoms with Gasteiger partial charge in [-0.2, -0.15) is 0 Å². The molecule has 0 bridgehead atoms. The Kier molecular flexibility index (Phi) is 5.10. The highest BCUT2D eigenvalue weighted by atomic mass is 16.5. The zero-order chi connectivity index (χ0) is 14.5. The second-order valence-corrected chi connectivity index (χ2v) is 4.86. The van der Waals surface area contributed by atoms with E-state index in [4.69, 9.17) is 4.74 Å². The monoisotopic (exact) mass is 263 g/mol. The van der Waals surface area contributed by atoms with E-state index in [1.54, 1.807) is 17.1 Å². The molecule has 1 saturated heterocycles. The van der Waals surface area contributed by atoms with Gasteiger partial charge in [0.2, 0.25) is 6.41 Å². The highest BCUT2D eigenvalue weighted by Crippen LogP contribution is 2.32. The molecule has 1 rings (SSSR count). The van der Waals surface area contributed by atoms with E-state index >= 15 is 0 Å². The average molecular weight is 263 g/mol. The molecule has 0 spiro atoms. The van der Waals surface area contributed by atoms with Gasteiger partial charge < -0.3 is 9.64 Å². The number of carbonyl (C=O) groups excluding carboxylic acids is 2. The molecule has 1 atom stereocenters. The van der Waals surface area contributed by atoms with Crippen molar-refractivity contribution in [3.8, 4) is 0 Å². The van der Waals surface area contributed by atoms with Crippen LogP contribution in [0.4, 0.5) is 0 Å². The first kappa shape index (κ1) is 15.2. The van der Waals surface area contributed by atoms with Crippen LogP contribution in [-0.4, -0.2) is 35.8 Å². The number of ether oxygens (including phenoxy) is 1. The number of Topliss-reactive ketones (excluding diaryl/α,β-unsaturated/α-hetero) is 1. The lowest BCUT2D eigenvalue weighted by atomic mass is 9.90. The van der Waals surface area contributed by atoms with E-state index < -0.39 is 5.60 Å². The van der Waals surface area contributed by atoms with Crippen molar-refractivity contribution < 1.29 is 14.3 Å². The molecule has 0 N–H and O–H groups in total. The molecule has 1 aliphatic heterocycles. The summed E-state index contributed by atoms with van der Waals surface area (Å²) in [5.41, 5.74) is -0.299. The van der Waals surface area contributed by atoms with E-state index in [0.29, 0.717) is 24.4 Å². The first-order valence-corrected chi connectivity index (χ1v) is 6.39. The van der Waals surface area contributed by atoms with Gasteiger partial charge >= 0.3 is 0 Å². The highest BCUT2D eigenvalue weighted by Gasteiger charge is 2.38. The molecule has 4 heteroatoms. The summed E-state index contributed by atoms with van der Waals surface area (Å²) in [5.74, 6) is 0.449. The Balaban J connectivity index is 2.94. The van der Waals surface area contributed by atoms with Crippen molar-refractivity contribution in [2.75, 3.05) is 13.1 Å².